The van der Waals surface area contributed by atoms with Crippen molar-refractivity contribution in [2.24, 2.45) is 0 Å². The molecular formula is C18H20ClFN2O3S. The van der Waals surface area contributed by atoms with E-state index >= 15 is 0 Å². The van der Waals surface area contributed by atoms with Crippen LogP contribution in [-0.4, -0.2) is 27.1 Å². The molecule has 140 valence electrons. The Morgan fingerprint density at radius 3 is 2.54 bits per heavy atom. The van der Waals surface area contributed by atoms with Crippen molar-refractivity contribution in [3.63, 3.8) is 0 Å². The molecule has 0 aliphatic rings. The second-order valence-electron chi connectivity index (χ2n) is 5.84. The van der Waals surface area contributed by atoms with Gasteiger partial charge in [0.1, 0.15) is 5.82 Å². The van der Waals surface area contributed by atoms with Gasteiger partial charge in [-0.15, -0.1) is 0 Å². The van der Waals surface area contributed by atoms with Gasteiger partial charge in [0.25, 0.3) is 0 Å². The molecule has 2 rings (SSSR count). The fourth-order valence-corrected chi connectivity index (χ4v) is 3.61. The third-order valence-corrected chi connectivity index (χ3v) is 5.47. The molecule has 0 spiro atoms. The number of anilines is 1. The van der Waals surface area contributed by atoms with Crippen molar-refractivity contribution in [1.29, 1.82) is 0 Å². The number of carbonyl (C=O) groups excluding carboxylic acids is 1. The summed E-state index contributed by atoms with van der Waals surface area (Å²) < 4.78 is 39.0. The van der Waals surface area contributed by atoms with Crippen LogP contribution in [0.5, 0.6) is 0 Å². The molecule has 26 heavy (non-hydrogen) atoms. The lowest BCUT2D eigenvalue weighted by Crippen LogP contribution is -2.35. The summed E-state index contributed by atoms with van der Waals surface area (Å²) in [7, 11) is -3.59. The van der Waals surface area contributed by atoms with Gasteiger partial charge in [0, 0.05) is 30.1 Å². The molecule has 0 heterocycles. The second-order valence-corrected chi connectivity index (χ2v) is 8.15. The van der Waals surface area contributed by atoms with Gasteiger partial charge in [0.2, 0.25) is 15.9 Å². The Hall–Kier alpha value is -2.12. The molecule has 0 radical (unpaired) electrons. The highest BCUT2D eigenvalue weighted by molar-refractivity contribution is 7.92. The van der Waals surface area contributed by atoms with Crippen molar-refractivity contribution in [3.8, 4) is 0 Å². The highest BCUT2D eigenvalue weighted by Gasteiger charge is 2.21. The number of halogens is 2. The Morgan fingerprint density at radius 2 is 1.88 bits per heavy atom. The zero-order valence-corrected chi connectivity index (χ0v) is 16.1. The van der Waals surface area contributed by atoms with Gasteiger partial charge in [-0.05, 0) is 30.7 Å². The minimum atomic E-state index is -3.59. The van der Waals surface area contributed by atoms with E-state index in [0.717, 1.165) is 10.6 Å². The Morgan fingerprint density at radius 1 is 1.19 bits per heavy atom. The van der Waals surface area contributed by atoms with Crippen molar-refractivity contribution in [1.82, 2.24) is 5.32 Å². The molecular weight excluding hydrogens is 379 g/mol. The smallest absolute Gasteiger partial charge is 0.232 e. The summed E-state index contributed by atoms with van der Waals surface area (Å²) in [6.45, 7) is 1.72. The lowest BCUT2D eigenvalue weighted by molar-refractivity contribution is -0.121. The zero-order chi connectivity index (χ0) is 19.3. The molecule has 8 heteroatoms. The maximum Gasteiger partial charge on any atom is 0.232 e. The normalized spacial score (nSPS) is 11.2. The van der Waals surface area contributed by atoms with E-state index in [1.807, 2.05) is 0 Å². The number of nitrogens with zero attached hydrogens (tertiary/aromatic N) is 1. The Balaban J connectivity index is 2.05. The van der Waals surface area contributed by atoms with Crippen LogP contribution in [0.25, 0.3) is 0 Å². The summed E-state index contributed by atoms with van der Waals surface area (Å²) in [4.78, 5) is 12.1. The number of rotatable bonds is 7. The summed E-state index contributed by atoms with van der Waals surface area (Å²) >= 11 is 6.07. The molecule has 2 aromatic rings. The van der Waals surface area contributed by atoms with Crippen molar-refractivity contribution < 1.29 is 17.6 Å². The standard InChI is InChI=1S/C18H20ClFN2O3S/c1-13-15(19)7-5-9-17(13)22(26(2,24)25)11-10-18(23)21-12-14-6-3-4-8-16(14)20/h3-9H,10-12H2,1-2H3,(H,21,23). The average molecular weight is 399 g/mol. The van der Waals surface area contributed by atoms with E-state index in [1.54, 1.807) is 43.3 Å². The van der Waals surface area contributed by atoms with Crippen LogP contribution in [0, 0.1) is 12.7 Å². The van der Waals surface area contributed by atoms with Crippen LogP contribution >= 0.6 is 11.6 Å². The molecule has 0 atom stereocenters. The van der Waals surface area contributed by atoms with E-state index in [0.29, 0.717) is 21.8 Å². The highest BCUT2D eigenvalue weighted by Crippen LogP contribution is 2.28. The van der Waals surface area contributed by atoms with Gasteiger partial charge < -0.3 is 5.32 Å². The number of carbonyl (C=O) groups is 1. The molecule has 0 aliphatic carbocycles. The van der Waals surface area contributed by atoms with Gasteiger partial charge in [-0.1, -0.05) is 35.9 Å². The molecule has 0 saturated heterocycles. The topological polar surface area (TPSA) is 66.5 Å². The molecule has 0 aromatic heterocycles. The predicted octanol–water partition coefficient (Wildman–Crippen LogP) is 3.26. The van der Waals surface area contributed by atoms with Crippen molar-refractivity contribution in [2.75, 3.05) is 17.1 Å². The molecule has 1 N–H and O–H groups in total. The minimum absolute atomic E-state index is 0.0386. The van der Waals surface area contributed by atoms with Gasteiger partial charge >= 0.3 is 0 Å². The number of hydrogen-bond acceptors (Lipinski definition) is 3. The molecule has 0 saturated carbocycles. The first-order valence-corrected chi connectivity index (χ1v) is 10.2. The van der Waals surface area contributed by atoms with Crippen LogP contribution in [0.1, 0.15) is 17.5 Å². The summed E-state index contributed by atoms with van der Waals surface area (Å²) in [5.74, 6) is -0.776. The van der Waals surface area contributed by atoms with Crippen molar-refractivity contribution in [3.05, 3.63) is 64.4 Å². The van der Waals surface area contributed by atoms with Crippen molar-refractivity contribution >= 4 is 33.2 Å². The zero-order valence-electron chi connectivity index (χ0n) is 14.5. The largest absolute Gasteiger partial charge is 0.352 e. The van der Waals surface area contributed by atoms with Crippen LogP contribution in [0.3, 0.4) is 0 Å². The quantitative estimate of drug-likeness (QED) is 0.778. The molecule has 5 nitrogen and oxygen atoms in total. The number of nitrogens with one attached hydrogen (secondary N) is 1. The lowest BCUT2D eigenvalue weighted by atomic mass is 10.2. The van der Waals surface area contributed by atoms with Crippen LogP contribution in [-0.2, 0) is 21.4 Å². The molecule has 0 unspecified atom stereocenters. The van der Waals surface area contributed by atoms with E-state index in [4.69, 9.17) is 11.6 Å². The van der Waals surface area contributed by atoms with Gasteiger partial charge in [-0.2, -0.15) is 0 Å². The van der Waals surface area contributed by atoms with Crippen LogP contribution in [0.15, 0.2) is 42.5 Å². The third-order valence-electron chi connectivity index (χ3n) is 3.88. The summed E-state index contributed by atoms with van der Waals surface area (Å²) in [5.41, 5.74) is 1.42. The Labute approximate surface area is 157 Å². The Bertz CT molecular complexity index is 903. The molecule has 0 aliphatic heterocycles. The first kappa shape index (κ1) is 20.2. The number of benzene rings is 2. The summed E-state index contributed by atoms with van der Waals surface area (Å²) in [5, 5.41) is 3.04. The van der Waals surface area contributed by atoms with Gasteiger partial charge in [-0.3, -0.25) is 9.10 Å². The third kappa shape index (κ3) is 5.19. The highest BCUT2D eigenvalue weighted by atomic mass is 35.5. The summed E-state index contributed by atoms with van der Waals surface area (Å²) in [6.07, 6.45) is 1.01. The number of hydrogen-bond donors (Lipinski definition) is 1. The molecule has 2 aromatic carbocycles. The first-order chi connectivity index (χ1) is 12.2. The van der Waals surface area contributed by atoms with E-state index in [9.17, 15) is 17.6 Å². The summed E-state index contributed by atoms with van der Waals surface area (Å²) in [6, 6.07) is 11.1. The van der Waals surface area contributed by atoms with E-state index in [1.165, 1.54) is 6.07 Å². The molecule has 0 fully saturated rings. The fraction of sp³-hybridized carbons (Fsp3) is 0.278. The maximum atomic E-state index is 13.6. The van der Waals surface area contributed by atoms with E-state index in [-0.39, 0.29) is 25.4 Å². The fourth-order valence-electron chi connectivity index (χ4n) is 2.46. The Kier molecular flexibility index (Phi) is 6.61. The van der Waals surface area contributed by atoms with Crippen LogP contribution < -0.4 is 9.62 Å². The monoisotopic (exact) mass is 398 g/mol. The van der Waals surface area contributed by atoms with Gasteiger partial charge in [0.15, 0.2) is 0 Å². The SMILES string of the molecule is Cc1c(Cl)cccc1N(CCC(=O)NCc1ccccc1F)S(C)(=O)=O. The second kappa shape index (κ2) is 8.51. The van der Waals surface area contributed by atoms with Crippen LogP contribution in [0.2, 0.25) is 5.02 Å². The van der Waals surface area contributed by atoms with E-state index in [2.05, 4.69) is 5.32 Å². The first-order valence-electron chi connectivity index (χ1n) is 7.93. The van der Waals surface area contributed by atoms with E-state index < -0.39 is 15.8 Å². The lowest BCUT2D eigenvalue weighted by Gasteiger charge is -2.24. The number of amides is 1. The average Bonchev–Trinajstić information content (AvgIpc) is 2.57. The molecule has 0 bridgehead atoms. The van der Waals surface area contributed by atoms with Gasteiger partial charge in [0.05, 0.1) is 11.9 Å². The minimum Gasteiger partial charge on any atom is -0.352 e. The molecule has 1 amide bonds. The van der Waals surface area contributed by atoms with Crippen molar-refractivity contribution in [2.45, 2.75) is 19.9 Å². The number of sulfonamides is 1. The van der Waals surface area contributed by atoms with Gasteiger partial charge in [-0.25, -0.2) is 12.8 Å². The maximum absolute atomic E-state index is 13.6. The predicted molar refractivity (Wildman–Crippen MR) is 101 cm³/mol. The van der Waals surface area contributed by atoms with Crippen LogP contribution in [0.4, 0.5) is 10.1 Å².